The molecule has 0 saturated carbocycles. The Morgan fingerprint density at radius 1 is 1.46 bits per heavy atom. The van der Waals surface area contributed by atoms with Crippen LogP contribution in [0, 0.1) is 6.92 Å². The van der Waals surface area contributed by atoms with Crippen molar-refractivity contribution in [2.24, 2.45) is 0 Å². The van der Waals surface area contributed by atoms with Crippen LogP contribution >= 0.6 is 0 Å². The number of hydrogen-bond donors (Lipinski definition) is 1. The number of aromatic nitrogens is 2. The standard InChI is InChI=1S/C9H11N3O/c1-8-6-9(13-11-8)7-10-12-4-2-3-5-12/h2-6,10H,7H2,1H3. The zero-order valence-corrected chi connectivity index (χ0v) is 7.40. The van der Waals surface area contributed by atoms with E-state index in [9.17, 15) is 0 Å². The topological polar surface area (TPSA) is 43.0 Å². The highest BCUT2D eigenvalue weighted by Gasteiger charge is 1.98. The smallest absolute Gasteiger partial charge is 0.157 e. The van der Waals surface area contributed by atoms with Crippen LogP contribution in [0.1, 0.15) is 11.5 Å². The summed E-state index contributed by atoms with van der Waals surface area (Å²) in [4.78, 5) is 0. The monoisotopic (exact) mass is 177 g/mol. The third-order valence-electron chi connectivity index (χ3n) is 1.72. The minimum absolute atomic E-state index is 0.648. The molecule has 0 unspecified atom stereocenters. The van der Waals surface area contributed by atoms with Gasteiger partial charge in [0.25, 0.3) is 0 Å². The fraction of sp³-hybridized carbons (Fsp3) is 0.222. The zero-order valence-electron chi connectivity index (χ0n) is 7.40. The van der Waals surface area contributed by atoms with Crippen LogP contribution in [0.25, 0.3) is 0 Å². The van der Waals surface area contributed by atoms with Gasteiger partial charge in [-0.15, -0.1) is 0 Å². The van der Waals surface area contributed by atoms with E-state index in [0.717, 1.165) is 11.5 Å². The molecule has 13 heavy (non-hydrogen) atoms. The third kappa shape index (κ3) is 1.90. The maximum absolute atomic E-state index is 5.04. The molecule has 0 saturated heterocycles. The highest BCUT2D eigenvalue weighted by Crippen LogP contribution is 2.01. The van der Waals surface area contributed by atoms with Gasteiger partial charge in [0, 0.05) is 18.5 Å². The van der Waals surface area contributed by atoms with Gasteiger partial charge in [-0.2, -0.15) is 0 Å². The van der Waals surface area contributed by atoms with Gasteiger partial charge in [-0.05, 0) is 19.1 Å². The molecule has 0 atom stereocenters. The molecule has 2 aromatic heterocycles. The van der Waals surface area contributed by atoms with Crippen LogP contribution in [0.3, 0.4) is 0 Å². The molecule has 4 nitrogen and oxygen atoms in total. The second-order valence-electron chi connectivity index (χ2n) is 2.86. The molecule has 0 aliphatic carbocycles. The van der Waals surface area contributed by atoms with Crippen molar-refractivity contribution in [1.29, 1.82) is 0 Å². The van der Waals surface area contributed by atoms with Crippen LogP contribution in [0.4, 0.5) is 0 Å². The summed E-state index contributed by atoms with van der Waals surface area (Å²) in [7, 11) is 0. The Morgan fingerprint density at radius 2 is 2.23 bits per heavy atom. The van der Waals surface area contributed by atoms with Crippen molar-refractivity contribution in [3.63, 3.8) is 0 Å². The number of aryl methyl sites for hydroxylation is 1. The minimum Gasteiger partial charge on any atom is -0.359 e. The van der Waals surface area contributed by atoms with Crippen molar-refractivity contribution in [2.75, 3.05) is 5.43 Å². The van der Waals surface area contributed by atoms with E-state index in [-0.39, 0.29) is 0 Å². The molecule has 0 bridgehead atoms. The fourth-order valence-corrected chi connectivity index (χ4v) is 1.11. The van der Waals surface area contributed by atoms with Gasteiger partial charge < -0.3 is 9.95 Å². The third-order valence-corrected chi connectivity index (χ3v) is 1.72. The molecule has 2 rings (SSSR count). The lowest BCUT2D eigenvalue weighted by atomic mass is 10.4. The lowest BCUT2D eigenvalue weighted by molar-refractivity contribution is 0.381. The molecule has 0 amide bonds. The molecule has 0 aliphatic heterocycles. The van der Waals surface area contributed by atoms with Crippen molar-refractivity contribution in [3.8, 4) is 0 Å². The molecule has 2 heterocycles. The zero-order chi connectivity index (χ0) is 9.10. The lowest BCUT2D eigenvalue weighted by Gasteiger charge is -2.03. The predicted molar refractivity (Wildman–Crippen MR) is 48.7 cm³/mol. The lowest BCUT2D eigenvalue weighted by Crippen LogP contribution is -2.11. The minimum atomic E-state index is 0.648. The second-order valence-corrected chi connectivity index (χ2v) is 2.86. The van der Waals surface area contributed by atoms with Crippen LogP contribution in [-0.2, 0) is 6.54 Å². The van der Waals surface area contributed by atoms with Gasteiger partial charge in [0.15, 0.2) is 5.76 Å². The molecule has 0 radical (unpaired) electrons. The van der Waals surface area contributed by atoms with Gasteiger partial charge in [-0.1, -0.05) is 5.16 Å². The second kappa shape index (κ2) is 3.35. The fourth-order valence-electron chi connectivity index (χ4n) is 1.11. The van der Waals surface area contributed by atoms with E-state index in [4.69, 9.17) is 4.52 Å². The SMILES string of the molecule is Cc1cc(CNn2cccc2)on1. The highest BCUT2D eigenvalue weighted by molar-refractivity contribution is 5.05. The molecular weight excluding hydrogens is 166 g/mol. The van der Waals surface area contributed by atoms with Crippen LogP contribution in [0.5, 0.6) is 0 Å². The van der Waals surface area contributed by atoms with Crippen molar-refractivity contribution in [2.45, 2.75) is 13.5 Å². The first kappa shape index (κ1) is 7.91. The van der Waals surface area contributed by atoms with E-state index in [0.29, 0.717) is 6.54 Å². The summed E-state index contributed by atoms with van der Waals surface area (Å²) >= 11 is 0. The first-order valence-corrected chi connectivity index (χ1v) is 4.13. The first-order valence-electron chi connectivity index (χ1n) is 4.13. The van der Waals surface area contributed by atoms with E-state index in [1.807, 2.05) is 42.2 Å². The van der Waals surface area contributed by atoms with E-state index in [1.165, 1.54) is 0 Å². The summed E-state index contributed by atoms with van der Waals surface area (Å²) in [6.45, 7) is 2.55. The number of rotatable bonds is 3. The molecule has 0 spiro atoms. The van der Waals surface area contributed by atoms with E-state index in [1.54, 1.807) is 0 Å². The van der Waals surface area contributed by atoms with Gasteiger partial charge in [-0.25, -0.2) is 0 Å². The maximum atomic E-state index is 5.04. The number of nitrogens with zero attached hydrogens (tertiary/aromatic N) is 2. The number of nitrogens with one attached hydrogen (secondary N) is 1. The van der Waals surface area contributed by atoms with Gasteiger partial charge in [-0.3, -0.25) is 4.68 Å². The maximum Gasteiger partial charge on any atom is 0.157 e. The predicted octanol–water partition coefficient (Wildman–Crippen LogP) is 1.53. The quantitative estimate of drug-likeness (QED) is 0.773. The van der Waals surface area contributed by atoms with Gasteiger partial charge >= 0.3 is 0 Å². The van der Waals surface area contributed by atoms with E-state index in [2.05, 4.69) is 10.6 Å². The molecule has 0 aliphatic rings. The summed E-state index contributed by atoms with van der Waals surface area (Å²) in [6, 6.07) is 5.83. The average molecular weight is 177 g/mol. The Kier molecular flexibility index (Phi) is 2.04. The Hall–Kier alpha value is -1.71. The van der Waals surface area contributed by atoms with Gasteiger partial charge in [0.05, 0.1) is 12.2 Å². The molecular formula is C9H11N3O. The first-order chi connectivity index (χ1) is 6.34. The Labute approximate surface area is 76.1 Å². The molecule has 1 N–H and O–H groups in total. The van der Waals surface area contributed by atoms with Crippen LogP contribution in [0.15, 0.2) is 35.1 Å². The largest absolute Gasteiger partial charge is 0.359 e. The summed E-state index contributed by atoms with van der Waals surface area (Å²) in [5.74, 6) is 0.839. The molecule has 2 aromatic rings. The summed E-state index contributed by atoms with van der Waals surface area (Å²) in [6.07, 6.45) is 3.87. The van der Waals surface area contributed by atoms with Gasteiger partial charge in [0.1, 0.15) is 0 Å². The van der Waals surface area contributed by atoms with Gasteiger partial charge in [0.2, 0.25) is 0 Å². The summed E-state index contributed by atoms with van der Waals surface area (Å²) in [5, 5.41) is 3.79. The van der Waals surface area contributed by atoms with Crippen molar-refractivity contribution >= 4 is 0 Å². The van der Waals surface area contributed by atoms with Crippen molar-refractivity contribution < 1.29 is 4.52 Å². The average Bonchev–Trinajstić information content (AvgIpc) is 2.71. The van der Waals surface area contributed by atoms with Crippen molar-refractivity contribution in [3.05, 3.63) is 42.0 Å². The molecule has 0 aromatic carbocycles. The van der Waals surface area contributed by atoms with Crippen LogP contribution in [0.2, 0.25) is 0 Å². The Balaban J connectivity index is 1.93. The normalized spacial score (nSPS) is 10.2. The van der Waals surface area contributed by atoms with E-state index < -0.39 is 0 Å². The number of hydrogen-bond acceptors (Lipinski definition) is 3. The van der Waals surface area contributed by atoms with Crippen LogP contribution in [-0.4, -0.2) is 9.83 Å². The Morgan fingerprint density at radius 3 is 2.85 bits per heavy atom. The summed E-state index contributed by atoms with van der Waals surface area (Å²) < 4.78 is 6.91. The molecule has 4 heteroatoms. The summed E-state index contributed by atoms with van der Waals surface area (Å²) in [5.41, 5.74) is 4.04. The van der Waals surface area contributed by atoms with Crippen molar-refractivity contribution in [1.82, 2.24) is 9.83 Å². The van der Waals surface area contributed by atoms with Crippen LogP contribution < -0.4 is 5.43 Å². The van der Waals surface area contributed by atoms with E-state index >= 15 is 0 Å². The Bertz CT molecular complexity index is 364. The molecule has 0 fully saturated rings. The highest BCUT2D eigenvalue weighted by atomic mass is 16.5. The molecule has 68 valence electrons.